The highest BCUT2D eigenvalue weighted by atomic mass is 32.2. The number of hydrogen-bond donors (Lipinski definition) is 1. The summed E-state index contributed by atoms with van der Waals surface area (Å²) in [4.78, 5) is 12.4. The number of carbonyl (C=O) groups excluding carboxylic acids is 1. The fourth-order valence-corrected chi connectivity index (χ4v) is 3.92. The standard InChI is InChI=1S/C15H19N3OS2/c1-5-13(21-15-18-17-11(4)20-15)14(19)16-12-7-6-9(2)8-10(12)3/h6-8,13H,5H2,1-4H3,(H,16,19). The van der Waals surface area contributed by atoms with Crippen molar-refractivity contribution in [1.29, 1.82) is 0 Å². The summed E-state index contributed by atoms with van der Waals surface area (Å²) in [5, 5.41) is 11.8. The number of nitrogens with one attached hydrogen (secondary N) is 1. The molecule has 0 aliphatic rings. The third kappa shape index (κ3) is 4.28. The first-order chi connectivity index (χ1) is 9.99. The highest BCUT2D eigenvalue weighted by Crippen LogP contribution is 2.29. The zero-order chi connectivity index (χ0) is 15.4. The molecule has 4 nitrogen and oxygen atoms in total. The number of amides is 1. The van der Waals surface area contributed by atoms with Gasteiger partial charge in [-0.1, -0.05) is 47.7 Å². The zero-order valence-electron chi connectivity index (χ0n) is 12.6. The van der Waals surface area contributed by atoms with Crippen LogP contribution >= 0.6 is 23.1 Å². The molecule has 112 valence electrons. The van der Waals surface area contributed by atoms with Gasteiger partial charge in [0.15, 0.2) is 4.34 Å². The molecule has 1 aromatic heterocycles. The van der Waals surface area contributed by atoms with Crippen molar-refractivity contribution in [3.63, 3.8) is 0 Å². The molecule has 0 saturated heterocycles. The Hall–Kier alpha value is -1.40. The van der Waals surface area contributed by atoms with E-state index in [0.29, 0.717) is 0 Å². The molecule has 0 spiro atoms. The van der Waals surface area contributed by atoms with Gasteiger partial charge in [-0.05, 0) is 38.8 Å². The lowest BCUT2D eigenvalue weighted by Crippen LogP contribution is -2.24. The van der Waals surface area contributed by atoms with Crippen molar-refractivity contribution in [2.24, 2.45) is 0 Å². The average Bonchev–Trinajstić information content (AvgIpc) is 2.84. The Morgan fingerprint density at radius 3 is 2.67 bits per heavy atom. The van der Waals surface area contributed by atoms with E-state index in [0.717, 1.165) is 27.0 Å². The topological polar surface area (TPSA) is 54.9 Å². The van der Waals surface area contributed by atoms with E-state index in [2.05, 4.69) is 21.6 Å². The van der Waals surface area contributed by atoms with E-state index in [1.807, 2.05) is 39.8 Å². The van der Waals surface area contributed by atoms with Crippen LogP contribution in [0, 0.1) is 20.8 Å². The van der Waals surface area contributed by atoms with Gasteiger partial charge in [-0.25, -0.2) is 0 Å². The maximum Gasteiger partial charge on any atom is 0.237 e. The summed E-state index contributed by atoms with van der Waals surface area (Å²) in [6.45, 7) is 7.97. The summed E-state index contributed by atoms with van der Waals surface area (Å²) >= 11 is 3.00. The Morgan fingerprint density at radius 2 is 2.10 bits per heavy atom. The highest BCUT2D eigenvalue weighted by Gasteiger charge is 2.20. The molecule has 0 aliphatic carbocycles. The third-order valence-electron chi connectivity index (χ3n) is 3.05. The van der Waals surface area contributed by atoms with Crippen LogP contribution in [0.2, 0.25) is 0 Å². The zero-order valence-corrected chi connectivity index (χ0v) is 14.3. The van der Waals surface area contributed by atoms with E-state index < -0.39 is 0 Å². The summed E-state index contributed by atoms with van der Waals surface area (Å²) in [7, 11) is 0. The number of hydrogen-bond acceptors (Lipinski definition) is 5. The molecule has 1 atom stereocenters. The predicted octanol–water partition coefficient (Wildman–Crippen LogP) is 3.97. The maximum atomic E-state index is 12.4. The quantitative estimate of drug-likeness (QED) is 0.847. The van der Waals surface area contributed by atoms with Crippen molar-refractivity contribution < 1.29 is 4.79 Å². The largest absolute Gasteiger partial charge is 0.325 e. The summed E-state index contributed by atoms with van der Waals surface area (Å²) < 4.78 is 0.843. The molecule has 0 fully saturated rings. The van der Waals surface area contributed by atoms with Crippen molar-refractivity contribution in [3.8, 4) is 0 Å². The van der Waals surface area contributed by atoms with Crippen LogP contribution in [0.4, 0.5) is 5.69 Å². The van der Waals surface area contributed by atoms with Gasteiger partial charge in [-0.15, -0.1) is 10.2 Å². The number of aryl methyl sites for hydroxylation is 3. The number of rotatable bonds is 5. The van der Waals surface area contributed by atoms with Gasteiger partial charge in [-0.3, -0.25) is 4.79 Å². The molecule has 0 saturated carbocycles. The fourth-order valence-electron chi connectivity index (χ4n) is 1.94. The molecule has 21 heavy (non-hydrogen) atoms. The van der Waals surface area contributed by atoms with Gasteiger partial charge in [0, 0.05) is 5.69 Å². The molecule has 1 unspecified atom stereocenters. The van der Waals surface area contributed by atoms with E-state index in [-0.39, 0.29) is 11.2 Å². The number of nitrogens with zero attached hydrogens (tertiary/aromatic N) is 2. The number of benzene rings is 1. The first-order valence-electron chi connectivity index (χ1n) is 6.84. The van der Waals surface area contributed by atoms with E-state index in [4.69, 9.17) is 0 Å². The monoisotopic (exact) mass is 321 g/mol. The van der Waals surface area contributed by atoms with Gasteiger partial charge >= 0.3 is 0 Å². The minimum atomic E-state index is -0.155. The normalized spacial score (nSPS) is 12.2. The third-order valence-corrected chi connectivity index (χ3v) is 5.34. The van der Waals surface area contributed by atoms with Gasteiger partial charge in [0.05, 0.1) is 5.25 Å². The molecule has 2 rings (SSSR count). The van der Waals surface area contributed by atoms with Crippen LogP contribution in [-0.2, 0) is 4.79 Å². The van der Waals surface area contributed by atoms with Gasteiger partial charge in [0.2, 0.25) is 5.91 Å². The first-order valence-corrected chi connectivity index (χ1v) is 8.54. The number of thioether (sulfide) groups is 1. The van der Waals surface area contributed by atoms with Crippen LogP contribution in [0.1, 0.15) is 29.5 Å². The van der Waals surface area contributed by atoms with Crippen molar-refractivity contribution >= 4 is 34.7 Å². The van der Waals surface area contributed by atoms with Crippen molar-refractivity contribution in [3.05, 3.63) is 34.3 Å². The smallest absolute Gasteiger partial charge is 0.237 e. The molecule has 0 bridgehead atoms. The second-order valence-electron chi connectivity index (χ2n) is 4.91. The Bertz CT molecular complexity index is 640. The average molecular weight is 321 g/mol. The van der Waals surface area contributed by atoms with Crippen molar-refractivity contribution in [2.75, 3.05) is 5.32 Å². The van der Waals surface area contributed by atoms with E-state index in [9.17, 15) is 4.79 Å². The maximum absolute atomic E-state index is 12.4. The van der Waals surface area contributed by atoms with Crippen LogP contribution in [0.5, 0.6) is 0 Å². The second-order valence-corrected chi connectivity index (χ2v) is 7.54. The number of aromatic nitrogens is 2. The van der Waals surface area contributed by atoms with Gasteiger partial charge in [-0.2, -0.15) is 0 Å². The Morgan fingerprint density at radius 1 is 1.33 bits per heavy atom. The predicted molar refractivity (Wildman–Crippen MR) is 89.1 cm³/mol. The first kappa shape index (κ1) is 16.0. The fraction of sp³-hybridized carbons (Fsp3) is 0.400. The van der Waals surface area contributed by atoms with Crippen molar-refractivity contribution in [2.45, 2.75) is 43.7 Å². The Balaban J connectivity index is 2.06. The summed E-state index contributed by atoms with van der Waals surface area (Å²) in [6, 6.07) is 6.03. The summed E-state index contributed by atoms with van der Waals surface area (Å²) in [6.07, 6.45) is 0.750. The van der Waals surface area contributed by atoms with Crippen LogP contribution in [-0.4, -0.2) is 21.4 Å². The molecule has 1 aromatic carbocycles. The minimum absolute atomic E-state index is 0.0160. The van der Waals surface area contributed by atoms with E-state index in [1.165, 1.54) is 28.7 Å². The Kier molecular flexibility index (Phi) is 5.36. The molecule has 6 heteroatoms. The van der Waals surface area contributed by atoms with E-state index >= 15 is 0 Å². The lowest BCUT2D eigenvalue weighted by Gasteiger charge is -2.14. The SMILES string of the molecule is CCC(Sc1nnc(C)s1)C(=O)Nc1ccc(C)cc1C. The molecule has 1 N–H and O–H groups in total. The lowest BCUT2D eigenvalue weighted by molar-refractivity contribution is -0.115. The van der Waals surface area contributed by atoms with Crippen molar-refractivity contribution in [1.82, 2.24) is 10.2 Å². The van der Waals surface area contributed by atoms with Crippen LogP contribution < -0.4 is 5.32 Å². The molecule has 0 aliphatic heterocycles. The minimum Gasteiger partial charge on any atom is -0.325 e. The molecule has 1 amide bonds. The van der Waals surface area contributed by atoms with E-state index in [1.54, 1.807) is 0 Å². The van der Waals surface area contributed by atoms with Crippen LogP contribution in [0.25, 0.3) is 0 Å². The summed E-state index contributed by atoms with van der Waals surface area (Å²) in [5.74, 6) is 0.0160. The molecule has 2 aromatic rings. The number of anilines is 1. The summed E-state index contributed by atoms with van der Waals surface area (Å²) in [5.41, 5.74) is 3.14. The Labute approximate surface area is 133 Å². The van der Waals surface area contributed by atoms with Gasteiger partial charge in [0.1, 0.15) is 5.01 Å². The molecular weight excluding hydrogens is 302 g/mol. The van der Waals surface area contributed by atoms with Crippen LogP contribution in [0.3, 0.4) is 0 Å². The lowest BCUT2D eigenvalue weighted by atomic mass is 10.1. The molecular formula is C15H19N3OS2. The second kappa shape index (κ2) is 7.04. The van der Waals surface area contributed by atoms with Crippen LogP contribution in [0.15, 0.2) is 22.5 Å². The number of carbonyl (C=O) groups is 1. The van der Waals surface area contributed by atoms with Gasteiger partial charge in [0.25, 0.3) is 0 Å². The van der Waals surface area contributed by atoms with Gasteiger partial charge < -0.3 is 5.32 Å². The highest BCUT2D eigenvalue weighted by molar-refractivity contribution is 8.02. The molecule has 1 heterocycles. The molecule has 0 radical (unpaired) electrons.